The Morgan fingerprint density at radius 3 is 2.64 bits per heavy atom. The van der Waals surface area contributed by atoms with Crippen molar-refractivity contribution in [2.75, 3.05) is 18.0 Å². The number of hydrogen-bond donors (Lipinski definition) is 0. The molecule has 0 aliphatic carbocycles. The van der Waals surface area contributed by atoms with Crippen molar-refractivity contribution in [3.8, 4) is 0 Å². The summed E-state index contributed by atoms with van der Waals surface area (Å²) in [5.74, 6) is 1.00. The van der Waals surface area contributed by atoms with Gasteiger partial charge in [-0.25, -0.2) is 4.68 Å². The van der Waals surface area contributed by atoms with Gasteiger partial charge in [0.1, 0.15) is 0 Å². The number of aryl methyl sites for hydroxylation is 1. The molecule has 0 aromatic carbocycles. The van der Waals surface area contributed by atoms with E-state index in [0.717, 1.165) is 18.8 Å². The molecular formula is C15H21N5O2. The van der Waals surface area contributed by atoms with Crippen LogP contribution in [0.3, 0.4) is 0 Å². The van der Waals surface area contributed by atoms with Crippen molar-refractivity contribution in [2.45, 2.75) is 39.7 Å². The molecule has 118 valence electrons. The molecule has 0 saturated carbocycles. The van der Waals surface area contributed by atoms with E-state index in [2.05, 4.69) is 36.0 Å². The van der Waals surface area contributed by atoms with Gasteiger partial charge in [-0.1, -0.05) is 25.9 Å². The number of anilines is 1. The number of nitrogens with zero attached hydrogens (tertiary/aromatic N) is 5. The monoisotopic (exact) mass is 303 g/mol. The lowest BCUT2D eigenvalue weighted by atomic mass is 9.92. The van der Waals surface area contributed by atoms with Gasteiger partial charge in [-0.15, -0.1) is 0 Å². The zero-order valence-electron chi connectivity index (χ0n) is 13.4. The van der Waals surface area contributed by atoms with E-state index in [1.165, 1.54) is 0 Å². The van der Waals surface area contributed by atoms with Crippen LogP contribution in [-0.2, 0) is 12.0 Å². The molecule has 3 heterocycles. The molecule has 2 aromatic heterocycles. The first kappa shape index (κ1) is 14.7. The Morgan fingerprint density at radius 2 is 2.05 bits per heavy atom. The number of aromatic nitrogens is 4. The van der Waals surface area contributed by atoms with Crippen molar-refractivity contribution in [3.05, 3.63) is 34.0 Å². The lowest BCUT2D eigenvalue weighted by Gasteiger charge is -2.37. The minimum Gasteiger partial charge on any atom is -0.324 e. The summed E-state index contributed by atoms with van der Waals surface area (Å²) in [5.41, 5.74) is 0.804. The molecule has 1 fully saturated rings. The molecule has 0 bridgehead atoms. The van der Waals surface area contributed by atoms with Crippen LogP contribution in [0.1, 0.15) is 32.3 Å². The molecule has 0 amide bonds. The van der Waals surface area contributed by atoms with Crippen LogP contribution in [0.25, 0.3) is 0 Å². The second kappa shape index (κ2) is 5.23. The average molecular weight is 303 g/mol. The van der Waals surface area contributed by atoms with Gasteiger partial charge in [0, 0.05) is 30.5 Å². The van der Waals surface area contributed by atoms with Gasteiger partial charge in [-0.05, 0) is 13.0 Å². The van der Waals surface area contributed by atoms with Crippen LogP contribution >= 0.6 is 0 Å². The number of rotatable bonds is 3. The Balaban J connectivity index is 1.67. The third-order valence-electron chi connectivity index (χ3n) is 3.81. The van der Waals surface area contributed by atoms with Gasteiger partial charge in [-0.2, -0.15) is 10.1 Å². The molecule has 2 aromatic rings. The van der Waals surface area contributed by atoms with Gasteiger partial charge < -0.3 is 9.42 Å². The molecule has 1 aliphatic rings. The summed E-state index contributed by atoms with van der Waals surface area (Å²) in [6.45, 7) is 10.3. The SMILES string of the molecule is Cc1noc(N2CC(Cn3nc(C(C)(C)C)ccc3=O)C2)n1. The van der Waals surface area contributed by atoms with Gasteiger partial charge in [0.05, 0.1) is 12.2 Å². The molecule has 0 spiro atoms. The van der Waals surface area contributed by atoms with Crippen LogP contribution in [0.2, 0.25) is 0 Å². The van der Waals surface area contributed by atoms with Crippen molar-refractivity contribution in [3.63, 3.8) is 0 Å². The first-order valence-electron chi connectivity index (χ1n) is 7.47. The van der Waals surface area contributed by atoms with Crippen LogP contribution in [0.5, 0.6) is 0 Å². The third kappa shape index (κ3) is 2.88. The normalized spacial score (nSPS) is 15.9. The maximum absolute atomic E-state index is 12.0. The summed E-state index contributed by atoms with van der Waals surface area (Å²) in [7, 11) is 0. The molecule has 22 heavy (non-hydrogen) atoms. The van der Waals surface area contributed by atoms with Crippen LogP contribution in [0.15, 0.2) is 21.5 Å². The van der Waals surface area contributed by atoms with E-state index in [1.54, 1.807) is 17.7 Å². The van der Waals surface area contributed by atoms with E-state index >= 15 is 0 Å². The molecule has 0 unspecified atom stereocenters. The summed E-state index contributed by atoms with van der Waals surface area (Å²) < 4.78 is 6.71. The predicted octanol–water partition coefficient (Wildman–Crippen LogP) is 1.37. The Morgan fingerprint density at radius 1 is 1.32 bits per heavy atom. The van der Waals surface area contributed by atoms with Crippen molar-refractivity contribution in [2.24, 2.45) is 5.92 Å². The van der Waals surface area contributed by atoms with Gasteiger partial charge in [0.25, 0.3) is 5.56 Å². The van der Waals surface area contributed by atoms with Gasteiger partial charge in [0.2, 0.25) is 0 Å². The van der Waals surface area contributed by atoms with Crippen LogP contribution in [0, 0.1) is 12.8 Å². The number of hydrogen-bond acceptors (Lipinski definition) is 6. The highest BCUT2D eigenvalue weighted by Gasteiger charge is 2.31. The molecular weight excluding hydrogens is 282 g/mol. The molecule has 1 saturated heterocycles. The zero-order chi connectivity index (χ0) is 15.9. The molecule has 1 aliphatic heterocycles. The van der Waals surface area contributed by atoms with E-state index in [9.17, 15) is 4.79 Å². The maximum Gasteiger partial charge on any atom is 0.324 e. The van der Waals surface area contributed by atoms with Crippen LogP contribution < -0.4 is 10.5 Å². The van der Waals surface area contributed by atoms with Gasteiger partial charge in [-0.3, -0.25) is 4.79 Å². The quantitative estimate of drug-likeness (QED) is 0.852. The van der Waals surface area contributed by atoms with Crippen molar-refractivity contribution < 1.29 is 4.52 Å². The lowest BCUT2D eigenvalue weighted by Crippen LogP contribution is -2.50. The smallest absolute Gasteiger partial charge is 0.324 e. The predicted molar refractivity (Wildman–Crippen MR) is 81.9 cm³/mol. The average Bonchev–Trinajstić information content (AvgIpc) is 2.80. The van der Waals surface area contributed by atoms with E-state index < -0.39 is 0 Å². The summed E-state index contributed by atoms with van der Waals surface area (Å²) in [6, 6.07) is 3.97. The Bertz CT molecular complexity index is 722. The van der Waals surface area contributed by atoms with Gasteiger partial charge in [0.15, 0.2) is 5.82 Å². The van der Waals surface area contributed by atoms with Gasteiger partial charge >= 0.3 is 6.01 Å². The Labute approximate surface area is 128 Å². The molecule has 7 nitrogen and oxygen atoms in total. The summed E-state index contributed by atoms with van der Waals surface area (Å²) in [5, 5.41) is 8.29. The highest BCUT2D eigenvalue weighted by molar-refractivity contribution is 5.29. The van der Waals surface area contributed by atoms with E-state index in [4.69, 9.17) is 4.52 Å². The first-order chi connectivity index (χ1) is 10.3. The molecule has 7 heteroatoms. The second-order valence-electron chi connectivity index (χ2n) is 6.88. The van der Waals surface area contributed by atoms with Crippen molar-refractivity contribution in [1.29, 1.82) is 0 Å². The summed E-state index contributed by atoms with van der Waals surface area (Å²) in [6.07, 6.45) is 0. The minimum atomic E-state index is -0.0671. The summed E-state index contributed by atoms with van der Waals surface area (Å²) in [4.78, 5) is 18.2. The second-order valence-corrected chi connectivity index (χ2v) is 6.88. The van der Waals surface area contributed by atoms with Crippen molar-refractivity contribution in [1.82, 2.24) is 19.9 Å². The highest BCUT2D eigenvalue weighted by atomic mass is 16.5. The highest BCUT2D eigenvalue weighted by Crippen LogP contribution is 2.24. The van der Waals surface area contributed by atoms with E-state index in [0.29, 0.717) is 24.3 Å². The molecule has 3 rings (SSSR count). The fourth-order valence-corrected chi connectivity index (χ4v) is 2.48. The summed E-state index contributed by atoms with van der Waals surface area (Å²) >= 11 is 0. The maximum atomic E-state index is 12.0. The Hall–Kier alpha value is -2.18. The molecule has 0 atom stereocenters. The lowest BCUT2D eigenvalue weighted by molar-refractivity contribution is 0.300. The van der Waals surface area contributed by atoms with Crippen LogP contribution in [0.4, 0.5) is 6.01 Å². The van der Waals surface area contributed by atoms with Crippen LogP contribution in [-0.4, -0.2) is 33.0 Å². The fraction of sp³-hybridized carbons (Fsp3) is 0.600. The molecule has 0 N–H and O–H groups in total. The third-order valence-corrected chi connectivity index (χ3v) is 3.81. The van der Waals surface area contributed by atoms with E-state index in [1.807, 2.05) is 11.0 Å². The zero-order valence-corrected chi connectivity index (χ0v) is 13.4. The Kier molecular flexibility index (Phi) is 3.50. The van der Waals surface area contributed by atoms with Crippen molar-refractivity contribution >= 4 is 6.01 Å². The van der Waals surface area contributed by atoms with E-state index in [-0.39, 0.29) is 11.0 Å². The first-order valence-corrected chi connectivity index (χ1v) is 7.47. The molecule has 0 radical (unpaired) electrons. The topological polar surface area (TPSA) is 77.0 Å². The standard InChI is InChI=1S/C15H21N5O2/c1-10-16-14(22-18-10)19-7-11(8-19)9-20-13(21)6-5-12(17-20)15(2,3)4/h5-6,11H,7-9H2,1-4H3. The fourth-order valence-electron chi connectivity index (χ4n) is 2.48. The largest absolute Gasteiger partial charge is 0.324 e. The minimum absolute atomic E-state index is 0.0555.